The third-order valence-electron chi connectivity index (χ3n) is 5.72. The summed E-state index contributed by atoms with van der Waals surface area (Å²) in [6.45, 7) is 11.9. The highest BCUT2D eigenvalue weighted by atomic mass is 127. The highest BCUT2D eigenvalue weighted by Crippen LogP contribution is 2.25. The predicted octanol–water partition coefficient (Wildman–Crippen LogP) is 3.84. The van der Waals surface area contributed by atoms with Gasteiger partial charge in [0, 0.05) is 30.6 Å². The molecule has 166 valence electrons. The number of guanidine groups is 1. The highest BCUT2D eigenvalue weighted by Gasteiger charge is 2.27. The Kier molecular flexibility index (Phi) is 9.65. The normalized spacial score (nSPS) is 22.2. The van der Waals surface area contributed by atoms with Gasteiger partial charge in [-0.15, -0.1) is 24.0 Å². The van der Waals surface area contributed by atoms with Crippen molar-refractivity contribution >= 4 is 29.9 Å². The fourth-order valence-electron chi connectivity index (χ4n) is 4.19. The Morgan fingerprint density at radius 2 is 1.93 bits per heavy atom. The molecule has 1 aliphatic heterocycles. The van der Waals surface area contributed by atoms with Crippen LogP contribution in [0.4, 0.5) is 0 Å². The average molecular weight is 518 g/mol. The van der Waals surface area contributed by atoms with Crippen molar-refractivity contribution in [1.82, 2.24) is 25.7 Å². The Morgan fingerprint density at radius 1 is 1.17 bits per heavy atom. The van der Waals surface area contributed by atoms with Gasteiger partial charge in [0.2, 0.25) is 5.89 Å². The van der Waals surface area contributed by atoms with Gasteiger partial charge < -0.3 is 15.2 Å². The Labute approximate surface area is 192 Å². The minimum Gasteiger partial charge on any atom is -0.357 e. The molecular formula is C21H39IN6O. The maximum atomic E-state index is 5.37. The number of aromatic nitrogens is 2. The van der Waals surface area contributed by atoms with Gasteiger partial charge in [0.05, 0.1) is 0 Å². The average Bonchev–Trinajstić information content (AvgIpc) is 3.17. The van der Waals surface area contributed by atoms with Crippen molar-refractivity contribution in [2.24, 2.45) is 4.99 Å². The number of nitrogens with one attached hydrogen (secondary N) is 2. The fourth-order valence-corrected chi connectivity index (χ4v) is 4.19. The monoisotopic (exact) mass is 518 g/mol. The molecule has 0 radical (unpaired) electrons. The van der Waals surface area contributed by atoms with Gasteiger partial charge in [0.15, 0.2) is 11.8 Å². The summed E-state index contributed by atoms with van der Waals surface area (Å²) in [5, 5.41) is 11.1. The molecule has 2 heterocycles. The molecule has 0 bridgehead atoms. The van der Waals surface area contributed by atoms with E-state index < -0.39 is 0 Å². The molecule has 1 aliphatic carbocycles. The molecule has 2 fully saturated rings. The van der Waals surface area contributed by atoms with Crippen molar-refractivity contribution in [2.75, 3.05) is 19.6 Å². The van der Waals surface area contributed by atoms with Crippen molar-refractivity contribution in [3.63, 3.8) is 0 Å². The summed E-state index contributed by atoms with van der Waals surface area (Å²) >= 11 is 0. The smallest absolute Gasteiger partial charge is 0.232 e. The second kappa shape index (κ2) is 11.5. The second-order valence-corrected chi connectivity index (χ2v) is 9.23. The number of nitrogens with zero attached hydrogens (tertiary/aromatic N) is 4. The van der Waals surface area contributed by atoms with E-state index in [2.05, 4.69) is 53.4 Å². The zero-order valence-corrected chi connectivity index (χ0v) is 20.9. The number of halogens is 1. The summed E-state index contributed by atoms with van der Waals surface area (Å²) in [4.78, 5) is 11.9. The first-order valence-corrected chi connectivity index (χ1v) is 11.1. The zero-order valence-electron chi connectivity index (χ0n) is 18.5. The van der Waals surface area contributed by atoms with Crippen LogP contribution in [0.3, 0.4) is 0 Å². The standard InChI is InChI=1S/C21H38N6O.HI/c1-5-22-20(23-14-18-25-19(28-26-18)21(2,3)4)24-16-10-9-13-27(15-16)17-11-7-6-8-12-17;/h16-17H,5-15H2,1-4H3,(H2,22,23,24);1H. The summed E-state index contributed by atoms with van der Waals surface area (Å²) in [7, 11) is 0. The van der Waals surface area contributed by atoms with E-state index >= 15 is 0 Å². The van der Waals surface area contributed by atoms with E-state index in [9.17, 15) is 0 Å². The lowest BCUT2D eigenvalue weighted by molar-refractivity contribution is 0.115. The Bertz CT molecular complexity index is 635. The van der Waals surface area contributed by atoms with Crippen LogP contribution in [0, 0.1) is 0 Å². The van der Waals surface area contributed by atoms with Crippen molar-refractivity contribution in [2.45, 2.75) is 96.7 Å². The lowest BCUT2D eigenvalue weighted by Crippen LogP contribution is -2.53. The number of likely N-dealkylation sites (tertiary alicyclic amines) is 1. The largest absolute Gasteiger partial charge is 0.357 e. The van der Waals surface area contributed by atoms with Gasteiger partial charge in [0.25, 0.3) is 0 Å². The molecule has 1 saturated heterocycles. The minimum atomic E-state index is -0.137. The van der Waals surface area contributed by atoms with Crippen LogP contribution in [0.25, 0.3) is 0 Å². The molecule has 0 spiro atoms. The van der Waals surface area contributed by atoms with Crippen molar-refractivity contribution in [3.8, 4) is 0 Å². The molecule has 2 N–H and O–H groups in total. The number of aliphatic imine (C=N–C) groups is 1. The van der Waals surface area contributed by atoms with Gasteiger partial charge in [-0.2, -0.15) is 4.98 Å². The van der Waals surface area contributed by atoms with Crippen LogP contribution in [0.5, 0.6) is 0 Å². The molecule has 8 heteroatoms. The zero-order chi connectivity index (χ0) is 20.0. The lowest BCUT2D eigenvalue weighted by Gasteiger charge is -2.40. The van der Waals surface area contributed by atoms with E-state index in [1.807, 2.05) is 0 Å². The first-order chi connectivity index (χ1) is 13.5. The van der Waals surface area contributed by atoms with Crippen LogP contribution in [-0.2, 0) is 12.0 Å². The topological polar surface area (TPSA) is 78.6 Å². The summed E-state index contributed by atoms with van der Waals surface area (Å²) in [6, 6.07) is 1.23. The van der Waals surface area contributed by atoms with E-state index in [1.54, 1.807) is 0 Å². The first kappa shape index (κ1) is 24.4. The summed E-state index contributed by atoms with van der Waals surface area (Å²) in [5.41, 5.74) is -0.137. The van der Waals surface area contributed by atoms with Crippen molar-refractivity contribution in [1.29, 1.82) is 0 Å². The maximum absolute atomic E-state index is 5.37. The van der Waals surface area contributed by atoms with E-state index in [0.717, 1.165) is 25.1 Å². The van der Waals surface area contributed by atoms with Gasteiger partial charge in [-0.1, -0.05) is 45.2 Å². The third-order valence-corrected chi connectivity index (χ3v) is 5.72. The Hall–Kier alpha value is -0.900. The third kappa shape index (κ3) is 7.38. The van der Waals surface area contributed by atoms with Gasteiger partial charge in [-0.25, -0.2) is 4.99 Å². The fraction of sp³-hybridized carbons (Fsp3) is 0.857. The van der Waals surface area contributed by atoms with Gasteiger partial charge >= 0.3 is 0 Å². The van der Waals surface area contributed by atoms with Gasteiger partial charge in [-0.3, -0.25) is 4.90 Å². The molecule has 29 heavy (non-hydrogen) atoms. The van der Waals surface area contributed by atoms with E-state index in [0.29, 0.717) is 24.3 Å². The molecule has 1 aromatic rings. The van der Waals surface area contributed by atoms with Crippen LogP contribution < -0.4 is 10.6 Å². The Balaban J connectivity index is 0.00000300. The van der Waals surface area contributed by atoms with Gasteiger partial charge in [-0.05, 0) is 39.2 Å². The molecule has 3 rings (SSSR count). The summed E-state index contributed by atoms with van der Waals surface area (Å²) in [5.74, 6) is 2.14. The van der Waals surface area contributed by atoms with E-state index in [1.165, 1.54) is 51.5 Å². The molecule has 0 amide bonds. The quantitative estimate of drug-likeness (QED) is 0.351. The highest BCUT2D eigenvalue weighted by molar-refractivity contribution is 14.0. The summed E-state index contributed by atoms with van der Waals surface area (Å²) in [6.07, 6.45) is 9.40. The molecule has 1 aromatic heterocycles. The van der Waals surface area contributed by atoms with Gasteiger partial charge in [0.1, 0.15) is 6.54 Å². The lowest BCUT2D eigenvalue weighted by atomic mass is 9.92. The number of hydrogen-bond acceptors (Lipinski definition) is 5. The SMILES string of the molecule is CCNC(=NCc1noc(C(C)(C)C)n1)NC1CCCN(C2CCCCC2)C1.I. The molecule has 0 aromatic carbocycles. The van der Waals surface area contributed by atoms with Crippen LogP contribution in [-0.4, -0.2) is 52.7 Å². The molecule has 1 atom stereocenters. The van der Waals surface area contributed by atoms with E-state index in [4.69, 9.17) is 9.52 Å². The number of piperidine rings is 1. The molecular weight excluding hydrogens is 479 g/mol. The van der Waals surface area contributed by atoms with Crippen LogP contribution in [0.2, 0.25) is 0 Å². The molecule has 2 aliphatic rings. The Morgan fingerprint density at radius 3 is 2.59 bits per heavy atom. The minimum absolute atomic E-state index is 0. The van der Waals surface area contributed by atoms with Crippen LogP contribution >= 0.6 is 24.0 Å². The number of hydrogen-bond donors (Lipinski definition) is 2. The second-order valence-electron chi connectivity index (χ2n) is 9.23. The molecule has 7 nitrogen and oxygen atoms in total. The molecule has 1 saturated carbocycles. The number of rotatable bonds is 5. The summed E-state index contributed by atoms with van der Waals surface area (Å²) < 4.78 is 5.37. The van der Waals surface area contributed by atoms with E-state index in [-0.39, 0.29) is 29.4 Å². The van der Waals surface area contributed by atoms with Crippen LogP contribution in [0.1, 0.15) is 84.4 Å². The van der Waals surface area contributed by atoms with Crippen LogP contribution in [0.15, 0.2) is 9.52 Å². The van der Waals surface area contributed by atoms with Crippen molar-refractivity contribution in [3.05, 3.63) is 11.7 Å². The first-order valence-electron chi connectivity index (χ1n) is 11.1. The van der Waals surface area contributed by atoms with Crippen molar-refractivity contribution < 1.29 is 4.52 Å². The maximum Gasteiger partial charge on any atom is 0.232 e. The predicted molar refractivity (Wildman–Crippen MR) is 128 cm³/mol. The molecule has 1 unspecified atom stereocenters.